The molecule has 0 fully saturated rings. The molecule has 1 heterocycles. The number of aromatic nitrogens is 1. The number of phenols is 2. The number of aromatic hydroxyl groups is 2. The second-order valence-corrected chi connectivity index (χ2v) is 5.51. The third-order valence-corrected chi connectivity index (χ3v) is 4.00. The van der Waals surface area contributed by atoms with E-state index in [1.165, 1.54) is 17.4 Å². The molecule has 0 radical (unpaired) electrons. The molecule has 0 amide bonds. The highest BCUT2D eigenvalue weighted by Crippen LogP contribution is 2.40. The normalized spacial score (nSPS) is 11.1. The largest absolute Gasteiger partial charge is 0.506 e. The van der Waals surface area contributed by atoms with E-state index in [1.54, 1.807) is 30.3 Å². The van der Waals surface area contributed by atoms with E-state index in [4.69, 9.17) is 0 Å². The van der Waals surface area contributed by atoms with Crippen LogP contribution in [-0.4, -0.2) is 15.2 Å². The molecule has 2 aromatic carbocycles. The molecule has 0 saturated carbocycles. The van der Waals surface area contributed by atoms with E-state index in [0.29, 0.717) is 16.9 Å². The van der Waals surface area contributed by atoms with Gasteiger partial charge >= 0.3 is 0 Å². The van der Waals surface area contributed by atoms with E-state index >= 15 is 0 Å². The summed E-state index contributed by atoms with van der Waals surface area (Å²) in [6, 6.07) is 11.7. The third-order valence-electron chi connectivity index (χ3n) is 3.00. The van der Waals surface area contributed by atoms with Crippen LogP contribution in [-0.2, 0) is 0 Å². The highest BCUT2D eigenvalue weighted by Gasteiger charge is 2.12. The molecule has 0 aliphatic heterocycles. The predicted octanol–water partition coefficient (Wildman–Crippen LogP) is 4.95. The highest BCUT2D eigenvalue weighted by molar-refractivity contribution is 7.13. The zero-order valence-corrected chi connectivity index (χ0v) is 12.6. The lowest BCUT2D eigenvalue weighted by Gasteiger charge is -2.04. The van der Waals surface area contributed by atoms with Crippen LogP contribution in [0.15, 0.2) is 58.1 Å². The quantitative estimate of drug-likeness (QED) is 0.672. The molecule has 5 nitrogen and oxygen atoms in total. The zero-order valence-electron chi connectivity index (χ0n) is 11.8. The number of thiazole rings is 1. The van der Waals surface area contributed by atoms with E-state index in [0.717, 1.165) is 10.7 Å². The molecule has 0 aliphatic rings. The second-order valence-electron chi connectivity index (χ2n) is 4.66. The van der Waals surface area contributed by atoms with Crippen molar-refractivity contribution in [2.45, 2.75) is 6.92 Å². The minimum Gasteiger partial charge on any atom is -0.506 e. The summed E-state index contributed by atoms with van der Waals surface area (Å²) in [7, 11) is 0. The van der Waals surface area contributed by atoms with Crippen molar-refractivity contribution in [2.24, 2.45) is 10.2 Å². The van der Waals surface area contributed by atoms with E-state index < -0.39 is 0 Å². The van der Waals surface area contributed by atoms with Crippen molar-refractivity contribution in [2.75, 3.05) is 0 Å². The molecule has 0 aliphatic carbocycles. The Kier molecular flexibility index (Phi) is 3.84. The molecule has 3 aromatic rings. The molecule has 0 unspecified atom stereocenters. The van der Waals surface area contributed by atoms with Gasteiger partial charge in [0, 0.05) is 16.6 Å². The first-order chi connectivity index (χ1) is 10.6. The van der Waals surface area contributed by atoms with Gasteiger partial charge in [-0.25, -0.2) is 4.98 Å². The Morgan fingerprint density at radius 3 is 2.45 bits per heavy atom. The van der Waals surface area contributed by atoms with Crippen molar-refractivity contribution in [3.63, 3.8) is 0 Å². The SMILES string of the molecule is Cc1csc(-c2cccc(O)c2N=Nc2ccccc2O)n1. The molecule has 110 valence electrons. The minimum atomic E-state index is 0.0181. The van der Waals surface area contributed by atoms with Crippen molar-refractivity contribution in [1.29, 1.82) is 0 Å². The summed E-state index contributed by atoms with van der Waals surface area (Å²) in [6.45, 7) is 1.91. The Morgan fingerprint density at radius 1 is 0.955 bits per heavy atom. The van der Waals surface area contributed by atoms with Crippen molar-refractivity contribution in [1.82, 2.24) is 4.98 Å². The lowest BCUT2D eigenvalue weighted by atomic mass is 10.2. The zero-order chi connectivity index (χ0) is 15.5. The molecule has 3 rings (SSSR count). The fourth-order valence-corrected chi connectivity index (χ4v) is 2.76. The first-order valence-corrected chi connectivity index (χ1v) is 7.47. The standard InChI is InChI=1S/C16H13N3O2S/c1-10-9-22-16(17-10)11-5-4-8-14(21)15(11)19-18-12-6-2-3-7-13(12)20/h2-9,20-21H,1H3. The van der Waals surface area contributed by atoms with Gasteiger partial charge in [-0.15, -0.1) is 21.6 Å². The Bertz CT molecular complexity index is 843. The Hall–Kier alpha value is -2.73. The fraction of sp³-hybridized carbons (Fsp3) is 0.0625. The van der Waals surface area contributed by atoms with E-state index in [9.17, 15) is 10.2 Å². The van der Waals surface area contributed by atoms with Crippen LogP contribution in [0.3, 0.4) is 0 Å². The van der Waals surface area contributed by atoms with Crippen LogP contribution in [0.25, 0.3) is 10.6 Å². The maximum Gasteiger partial charge on any atom is 0.143 e. The van der Waals surface area contributed by atoms with Gasteiger partial charge in [0.25, 0.3) is 0 Å². The van der Waals surface area contributed by atoms with Gasteiger partial charge in [0.1, 0.15) is 27.9 Å². The topological polar surface area (TPSA) is 78.1 Å². The second kappa shape index (κ2) is 5.95. The molecule has 0 saturated heterocycles. The third kappa shape index (κ3) is 2.82. The molecule has 1 aromatic heterocycles. The van der Waals surface area contributed by atoms with Crippen molar-refractivity contribution >= 4 is 22.7 Å². The number of phenolic OH excluding ortho intramolecular Hbond substituents is 2. The molecular formula is C16H13N3O2S. The number of rotatable bonds is 3. The molecular weight excluding hydrogens is 298 g/mol. The maximum absolute atomic E-state index is 10.1. The summed E-state index contributed by atoms with van der Waals surface area (Å²) >= 11 is 1.48. The van der Waals surface area contributed by atoms with Crippen LogP contribution in [0, 0.1) is 6.92 Å². The number of azo groups is 1. The van der Waals surface area contributed by atoms with E-state index in [1.807, 2.05) is 18.4 Å². The fourth-order valence-electron chi connectivity index (χ4n) is 1.94. The maximum atomic E-state index is 10.1. The van der Waals surface area contributed by atoms with Crippen LogP contribution in [0.5, 0.6) is 11.5 Å². The van der Waals surface area contributed by atoms with Crippen LogP contribution < -0.4 is 0 Å². The van der Waals surface area contributed by atoms with Crippen LogP contribution in [0.2, 0.25) is 0 Å². The summed E-state index contributed by atoms with van der Waals surface area (Å²) in [4.78, 5) is 4.41. The van der Waals surface area contributed by atoms with Crippen LogP contribution in [0.4, 0.5) is 11.4 Å². The van der Waals surface area contributed by atoms with Crippen molar-refractivity contribution in [3.8, 4) is 22.1 Å². The summed E-state index contributed by atoms with van der Waals surface area (Å²) in [5.41, 5.74) is 2.29. The van der Waals surface area contributed by atoms with E-state index in [-0.39, 0.29) is 11.5 Å². The highest BCUT2D eigenvalue weighted by atomic mass is 32.1. The Labute approximate surface area is 131 Å². The van der Waals surface area contributed by atoms with Gasteiger partial charge in [-0.3, -0.25) is 0 Å². The first-order valence-electron chi connectivity index (χ1n) is 6.59. The van der Waals surface area contributed by atoms with Gasteiger partial charge in [0.15, 0.2) is 0 Å². The summed E-state index contributed by atoms with van der Waals surface area (Å²) in [5.74, 6) is 0.0536. The van der Waals surface area contributed by atoms with Crippen molar-refractivity contribution < 1.29 is 10.2 Å². The Morgan fingerprint density at radius 2 is 1.73 bits per heavy atom. The smallest absolute Gasteiger partial charge is 0.143 e. The van der Waals surface area contributed by atoms with Gasteiger partial charge in [-0.05, 0) is 31.2 Å². The molecule has 6 heteroatoms. The Balaban J connectivity index is 2.05. The van der Waals surface area contributed by atoms with Gasteiger partial charge < -0.3 is 10.2 Å². The van der Waals surface area contributed by atoms with Crippen LogP contribution >= 0.6 is 11.3 Å². The van der Waals surface area contributed by atoms with Crippen molar-refractivity contribution in [3.05, 3.63) is 53.5 Å². The lowest BCUT2D eigenvalue weighted by Crippen LogP contribution is -1.79. The molecule has 2 N–H and O–H groups in total. The van der Waals surface area contributed by atoms with Crippen LogP contribution in [0.1, 0.15) is 5.69 Å². The van der Waals surface area contributed by atoms with Gasteiger partial charge in [0.05, 0.1) is 0 Å². The molecule has 0 atom stereocenters. The first kappa shape index (κ1) is 14.2. The summed E-state index contributed by atoms with van der Waals surface area (Å²) in [5, 5.41) is 30.6. The van der Waals surface area contributed by atoms with Gasteiger partial charge in [-0.1, -0.05) is 18.2 Å². The molecule has 0 bridgehead atoms. The minimum absolute atomic E-state index is 0.0181. The summed E-state index contributed by atoms with van der Waals surface area (Å²) in [6.07, 6.45) is 0. The summed E-state index contributed by atoms with van der Waals surface area (Å²) < 4.78 is 0. The number of aryl methyl sites for hydroxylation is 1. The van der Waals surface area contributed by atoms with Gasteiger partial charge in [-0.2, -0.15) is 0 Å². The number of para-hydroxylation sites is 1. The lowest BCUT2D eigenvalue weighted by molar-refractivity contribution is 0.474. The number of benzene rings is 2. The van der Waals surface area contributed by atoms with E-state index in [2.05, 4.69) is 15.2 Å². The van der Waals surface area contributed by atoms with Gasteiger partial charge in [0.2, 0.25) is 0 Å². The number of hydrogen-bond donors (Lipinski definition) is 2. The average Bonchev–Trinajstić information content (AvgIpc) is 2.94. The molecule has 0 spiro atoms. The molecule has 22 heavy (non-hydrogen) atoms. The average molecular weight is 311 g/mol. The number of hydrogen-bond acceptors (Lipinski definition) is 6. The monoisotopic (exact) mass is 311 g/mol. The predicted molar refractivity (Wildman–Crippen MR) is 86.2 cm³/mol. The number of nitrogens with zero attached hydrogens (tertiary/aromatic N) is 3.